The Labute approximate surface area is 254 Å². The third kappa shape index (κ3) is 5.88. The molecule has 4 rings (SSSR count). The predicted molar refractivity (Wildman–Crippen MR) is 166 cm³/mol. The van der Waals surface area contributed by atoms with Crippen LogP contribution < -0.4 is 19.1 Å². The van der Waals surface area contributed by atoms with E-state index < -0.39 is 11.4 Å². The summed E-state index contributed by atoms with van der Waals surface area (Å²) >= 11 is 0. The number of nitrogens with zero attached hydrogens (tertiary/aromatic N) is 3. The molecule has 9 nitrogen and oxygen atoms in total. The van der Waals surface area contributed by atoms with Gasteiger partial charge in [-0.3, -0.25) is 15.0 Å². The van der Waals surface area contributed by atoms with Crippen molar-refractivity contribution in [3.05, 3.63) is 46.3 Å². The van der Waals surface area contributed by atoms with Crippen LogP contribution in [0, 0.1) is 11.2 Å². The van der Waals surface area contributed by atoms with Gasteiger partial charge in [0.1, 0.15) is 11.6 Å². The summed E-state index contributed by atoms with van der Waals surface area (Å²) < 4.78 is 33.1. The molecule has 10 heteroatoms. The minimum atomic E-state index is -0.856. The van der Waals surface area contributed by atoms with Gasteiger partial charge in [-0.15, -0.1) is 0 Å². The number of carbonyl (C=O) groups excluding carboxylic acids is 2. The fraction of sp³-hybridized carbons (Fsp3) is 0.545. The lowest BCUT2D eigenvalue weighted by Gasteiger charge is -2.37. The fourth-order valence-corrected chi connectivity index (χ4v) is 5.98. The van der Waals surface area contributed by atoms with Crippen molar-refractivity contribution in [3.63, 3.8) is 0 Å². The van der Waals surface area contributed by atoms with Crippen molar-refractivity contribution in [2.45, 2.75) is 66.3 Å². The minimum absolute atomic E-state index is 0.0173. The monoisotopic (exact) mass is 596 g/mol. The largest absolute Gasteiger partial charge is 0.494 e. The Morgan fingerprint density at radius 1 is 1.00 bits per heavy atom. The molecule has 2 aliphatic rings. The van der Waals surface area contributed by atoms with Gasteiger partial charge in [-0.2, -0.15) is 0 Å². The molecule has 1 fully saturated rings. The Hall–Kier alpha value is -3.82. The molecule has 2 aromatic rings. The molecule has 1 amide bonds. The van der Waals surface area contributed by atoms with Gasteiger partial charge < -0.3 is 28.9 Å². The zero-order valence-corrected chi connectivity index (χ0v) is 26.9. The molecule has 2 aliphatic heterocycles. The van der Waals surface area contributed by atoms with Gasteiger partial charge >= 0.3 is 0 Å². The van der Waals surface area contributed by atoms with Gasteiger partial charge in [0.05, 0.1) is 43.7 Å². The molecule has 0 radical (unpaired) electrons. The first-order valence-electron chi connectivity index (χ1n) is 14.9. The van der Waals surface area contributed by atoms with Crippen LogP contribution in [0.15, 0.2) is 18.2 Å². The molecule has 0 saturated carbocycles. The lowest BCUT2D eigenvalue weighted by molar-refractivity contribution is -0.129. The quantitative estimate of drug-likeness (QED) is 0.390. The zero-order valence-electron chi connectivity index (χ0n) is 26.9. The van der Waals surface area contributed by atoms with Gasteiger partial charge in [0.2, 0.25) is 5.91 Å². The zero-order chi connectivity index (χ0) is 31.9. The summed E-state index contributed by atoms with van der Waals surface area (Å²) in [5.74, 6) is 0.0994. The van der Waals surface area contributed by atoms with Gasteiger partial charge in [-0.05, 0) is 56.9 Å². The van der Waals surface area contributed by atoms with Crippen LogP contribution in [0.2, 0.25) is 0 Å². The van der Waals surface area contributed by atoms with Crippen LogP contribution in [-0.2, 0) is 15.7 Å². The lowest BCUT2D eigenvalue weighted by Crippen LogP contribution is -2.48. The summed E-state index contributed by atoms with van der Waals surface area (Å²) in [5, 5.41) is 8.98. The molecule has 0 spiro atoms. The van der Waals surface area contributed by atoms with Crippen molar-refractivity contribution >= 4 is 23.2 Å². The Morgan fingerprint density at radius 3 is 2.16 bits per heavy atom. The molecule has 43 heavy (non-hydrogen) atoms. The molecule has 0 bridgehead atoms. The molecular formula is C33H45FN4O5. The number of hydrogen-bond donors (Lipinski definition) is 1. The highest BCUT2D eigenvalue weighted by Crippen LogP contribution is 2.47. The topological polar surface area (TPSA) is 95.4 Å². The van der Waals surface area contributed by atoms with E-state index in [2.05, 4.69) is 25.7 Å². The summed E-state index contributed by atoms with van der Waals surface area (Å²) in [5.41, 5.74) is 1.68. The van der Waals surface area contributed by atoms with Crippen LogP contribution in [0.1, 0.15) is 82.4 Å². The highest BCUT2D eigenvalue weighted by Gasteiger charge is 2.45. The second kappa shape index (κ2) is 12.1. The Bertz CT molecular complexity index is 1420. The number of fused-ring (bicyclic) bond motifs is 1. The van der Waals surface area contributed by atoms with E-state index in [0.29, 0.717) is 49.7 Å². The highest BCUT2D eigenvalue weighted by atomic mass is 19.1. The summed E-state index contributed by atoms with van der Waals surface area (Å²) in [6.07, 6.45) is 0. The number of amidine groups is 1. The Morgan fingerprint density at radius 2 is 1.63 bits per heavy atom. The number of benzene rings is 2. The van der Waals surface area contributed by atoms with Gasteiger partial charge in [-0.25, -0.2) is 4.39 Å². The molecular weight excluding hydrogens is 551 g/mol. The third-order valence-electron chi connectivity index (χ3n) is 8.39. The van der Waals surface area contributed by atoms with E-state index in [1.54, 1.807) is 31.9 Å². The smallest absolute Gasteiger partial charge is 0.219 e. The number of rotatable bonds is 9. The van der Waals surface area contributed by atoms with Crippen LogP contribution in [-0.4, -0.2) is 80.4 Å². The van der Waals surface area contributed by atoms with E-state index >= 15 is 4.39 Å². The molecule has 0 aromatic heterocycles. The van der Waals surface area contributed by atoms with Gasteiger partial charge in [-0.1, -0.05) is 20.8 Å². The van der Waals surface area contributed by atoms with Crippen molar-refractivity contribution in [1.29, 1.82) is 5.41 Å². The van der Waals surface area contributed by atoms with Crippen molar-refractivity contribution in [2.24, 2.45) is 0 Å². The van der Waals surface area contributed by atoms with Crippen molar-refractivity contribution in [2.75, 3.05) is 57.9 Å². The first-order valence-corrected chi connectivity index (χ1v) is 14.9. The Balaban J connectivity index is 1.73. The van der Waals surface area contributed by atoms with E-state index in [0.717, 1.165) is 11.3 Å². The van der Waals surface area contributed by atoms with Crippen LogP contribution >= 0.6 is 0 Å². The average molecular weight is 597 g/mol. The van der Waals surface area contributed by atoms with Crippen LogP contribution in [0.4, 0.5) is 10.1 Å². The van der Waals surface area contributed by atoms with E-state index in [9.17, 15) is 9.59 Å². The van der Waals surface area contributed by atoms with Gasteiger partial charge in [0, 0.05) is 44.2 Å². The van der Waals surface area contributed by atoms with Crippen molar-refractivity contribution in [3.8, 4) is 17.2 Å². The number of ketones is 1. The third-order valence-corrected chi connectivity index (χ3v) is 8.39. The molecule has 0 unspecified atom stereocenters. The highest BCUT2D eigenvalue weighted by molar-refractivity contribution is 6.07. The fourth-order valence-electron chi connectivity index (χ4n) is 5.98. The number of nitrogens with one attached hydrogen (secondary N) is 1. The van der Waals surface area contributed by atoms with Crippen LogP contribution in [0.5, 0.6) is 17.2 Å². The SMILES string of the molecule is CCOc1cc2c(c(F)c1OCC)C(=N)N(CC(=O)c1cc(N3CCN(C(C)=O)CC3)c(OC)c(C(C)(C)C)c1)C2(C)C. The first kappa shape index (κ1) is 32.1. The summed E-state index contributed by atoms with van der Waals surface area (Å²) in [7, 11) is 1.63. The number of halogens is 1. The molecule has 1 saturated heterocycles. The number of hydrogen-bond acceptors (Lipinski definition) is 7. The van der Waals surface area contributed by atoms with Crippen LogP contribution in [0.3, 0.4) is 0 Å². The molecule has 0 atom stereocenters. The van der Waals surface area contributed by atoms with E-state index in [4.69, 9.17) is 19.6 Å². The summed E-state index contributed by atoms with van der Waals surface area (Å²) in [4.78, 5) is 31.6. The lowest BCUT2D eigenvalue weighted by atomic mass is 9.84. The summed E-state index contributed by atoms with van der Waals surface area (Å²) in [6.45, 7) is 18.0. The second-order valence-electron chi connectivity index (χ2n) is 12.5. The minimum Gasteiger partial charge on any atom is -0.494 e. The summed E-state index contributed by atoms with van der Waals surface area (Å²) in [6, 6.07) is 5.45. The second-order valence-corrected chi connectivity index (χ2v) is 12.5. The van der Waals surface area contributed by atoms with E-state index in [1.807, 2.05) is 37.8 Å². The number of ether oxygens (including phenoxy) is 3. The molecule has 234 valence electrons. The Kier molecular flexibility index (Phi) is 9.00. The van der Waals surface area contributed by atoms with Crippen molar-refractivity contribution in [1.82, 2.24) is 9.80 Å². The number of Topliss-reactive ketones (excluding diaryl/α,β-unsaturated/α-hetero) is 1. The van der Waals surface area contributed by atoms with E-state index in [1.165, 1.54) is 0 Å². The number of methoxy groups -OCH3 is 1. The van der Waals surface area contributed by atoms with Gasteiger partial charge in [0.15, 0.2) is 23.1 Å². The molecule has 2 heterocycles. The number of anilines is 1. The maximum Gasteiger partial charge on any atom is 0.219 e. The number of carbonyl (C=O) groups is 2. The number of piperazine rings is 1. The van der Waals surface area contributed by atoms with Gasteiger partial charge in [0.25, 0.3) is 0 Å². The molecule has 0 aliphatic carbocycles. The first-order chi connectivity index (χ1) is 20.2. The average Bonchev–Trinajstić information content (AvgIpc) is 3.14. The molecule has 2 aromatic carbocycles. The van der Waals surface area contributed by atoms with Crippen LogP contribution in [0.25, 0.3) is 0 Å². The maximum absolute atomic E-state index is 15.9. The van der Waals surface area contributed by atoms with Crippen molar-refractivity contribution < 1.29 is 28.2 Å². The molecule has 1 N–H and O–H groups in total. The maximum atomic E-state index is 15.9. The standard InChI is InChI=1S/C33H45FN4O5/c1-10-42-26-18-22-27(28(34)30(26)43-11-2)31(35)38(33(22,7)8)19-25(40)21-16-23(32(4,5)6)29(41-9)24(17-21)37-14-12-36(13-15-37)20(3)39/h16-18,35H,10-15,19H2,1-9H3. The predicted octanol–water partition coefficient (Wildman–Crippen LogP) is 5.36. The number of amides is 1. The normalized spacial score (nSPS) is 16.3. The van der Waals surface area contributed by atoms with E-state index in [-0.39, 0.29) is 53.2 Å².